The van der Waals surface area contributed by atoms with E-state index in [4.69, 9.17) is 9.47 Å². The molecule has 3 N–H and O–H groups in total. The Balaban J connectivity index is 1.79. The molecule has 29 heavy (non-hydrogen) atoms. The molecule has 0 aliphatic carbocycles. The standard InChI is InChI=1S/C18H21N3O8/c1-10(12-4-2-3-5-13(12)21(26)27)28-9-11-7-20(18(25)19-17(11)24)16-6-14(23)15(8-22)29-16/h2-5,7,10,14-16,22-23H,6,8-9H2,1H3,(H,19,24,25)/t10?,14-,15+,16+/m0/s1. The Morgan fingerprint density at radius 1 is 1.41 bits per heavy atom. The minimum atomic E-state index is -0.942. The van der Waals surface area contributed by atoms with Crippen LogP contribution >= 0.6 is 0 Å². The third kappa shape index (κ3) is 4.43. The molecule has 4 atom stereocenters. The van der Waals surface area contributed by atoms with Crippen molar-refractivity contribution in [2.45, 2.75) is 44.5 Å². The van der Waals surface area contributed by atoms with Gasteiger partial charge in [0.15, 0.2) is 0 Å². The number of aromatic amines is 1. The molecule has 0 amide bonds. The molecule has 2 heterocycles. The number of ether oxygens (including phenoxy) is 2. The minimum Gasteiger partial charge on any atom is -0.394 e. The molecule has 1 aliphatic heterocycles. The van der Waals surface area contributed by atoms with Gasteiger partial charge in [0.05, 0.1) is 41.5 Å². The van der Waals surface area contributed by atoms with Crippen LogP contribution in [0, 0.1) is 10.1 Å². The summed E-state index contributed by atoms with van der Waals surface area (Å²) in [5.41, 5.74) is -1.00. The summed E-state index contributed by atoms with van der Waals surface area (Å²) >= 11 is 0. The first-order chi connectivity index (χ1) is 13.8. The van der Waals surface area contributed by atoms with Crippen molar-refractivity contribution in [2.24, 2.45) is 0 Å². The number of aliphatic hydroxyl groups excluding tert-OH is 2. The van der Waals surface area contributed by atoms with Crippen LogP contribution in [-0.2, 0) is 16.1 Å². The second kappa shape index (κ2) is 8.66. The highest BCUT2D eigenvalue weighted by molar-refractivity contribution is 5.41. The van der Waals surface area contributed by atoms with Crippen molar-refractivity contribution in [1.29, 1.82) is 0 Å². The molecule has 0 saturated carbocycles. The topological polar surface area (TPSA) is 157 Å². The average molecular weight is 407 g/mol. The van der Waals surface area contributed by atoms with Crippen LogP contribution in [-0.4, -0.2) is 43.5 Å². The van der Waals surface area contributed by atoms with Gasteiger partial charge in [-0.1, -0.05) is 12.1 Å². The highest BCUT2D eigenvalue weighted by Crippen LogP contribution is 2.29. The van der Waals surface area contributed by atoms with E-state index in [9.17, 15) is 29.9 Å². The highest BCUT2D eigenvalue weighted by atomic mass is 16.6. The molecule has 11 nitrogen and oxygen atoms in total. The van der Waals surface area contributed by atoms with Gasteiger partial charge < -0.3 is 19.7 Å². The summed E-state index contributed by atoms with van der Waals surface area (Å²) in [7, 11) is 0. The maximum Gasteiger partial charge on any atom is 0.330 e. The number of aromatic nitrogens is 2. The molecule has 11 heteroatoms. The maximum absolute atomic E-state index is 12.1. The molecule has 1 unspecified atom stereocenters. The number of nitro benzene ring substituents is 1. The smallest absolute Gasteiger partial charge is 0.330 e. The molecular formula is C18H21N3O8. The van der Waals surface area contributed by atoms with E-state index in [2.05, 4.69) is 4.98 Å². The molecular weight excluding hydrogens is 386 g/mol. The summed E-state index contributed by atoms with van der Waals surface area (Å²) in [5.74, 6) is 0. The normalized spacial score (nSPS) is 22.5. The van der Waals surface area contributed by atoms with Gasteiger partial charge in [-0.15, -0.1) is 0 Å². The van der Waals surface area contributed by atoms with Crippen molar-refractivity contribution in [3.05, 3.63) is 72.5 Å². The third-order valence-electron chi connectivity index (χ3n) is 4.80. The first-order valence-corrected chi connectivity index (χ1v) is 8.95. The van der Waals surface area contributed by atoms with E-state index in [0.717, 1.165) is 4.57 Å². The zero-order valence-corrected chi connectivity index (χ0v) is 15.6. The largest absolute Gasteiger partial charge is 0.394 e. The molecule has 0 radical (unpaired) electrons. The third-order valence-corrected chi connectivity index (χ3v) is 4.80. The SMILES string of the molecule is CC(OCc1cn([C@H]2C[C@H](O)[C@@H](CO)O2)c(=O)[nH]c1=O)c1ccccc1[N+](=O)[O-]. The summed E-state index contributed by atoms with van der Waals surface area (Å²) in [6.45, 7) is 1.01. The van der Waals surface area contributed by atoms with E-state index >= 15 is 0 Å². The fourth-order valence-electron chi connectivity index (χ4n) is 3.20. The van der Waals surface area contributed by atoms with Crippen LogP contribution in [0.3, 0.4) is 0 Å². The summed E-state index contributed by atoms with van der Waals surface area (Å²) in [6, 6.07) is 6.12. The Hall–Kier alpha value is -2.86. The van der Waals surface area contributed by atoms with Crippen LogP contribution in [0.15, 0.2) is 40.1 Å². The zero-order chi connectivity index (χ0) is 21.1. The van der Waals surface area contributed by atoms with Crippen LogP contribution < -0.4 is 11.2 Å². The Morgan fingerprint density at radius 3 is 2.79 bits per heavy atom. The monoisotopic (exact) mass is 407 g/mol. The predicted octanol–water partition coefficient (Wildman–Crippen LogP) is 0.363. The van der Waals surface area contributed by atoms with Gasteiger partial charge in [0.25, 0.3) is 11.2 Å². The Morgan fingerprint density at radius 2 is 2.14 bits per heavy atom. The molecule has 1 saturated heterocycles. The van der Waals surface area contributed by atoms with Crippen LogP contribution in [0.25, 0.3) is 0 Å². The summed E-state index contributed by atoms with van der Waals surface area (Å²) in [4.78, 5) is 37.1. The number of nitrogens with one attached hydrogen (secondary N) is 1. The second-order valence-electron chi connectivity index (χ2n) is 6.70. The Labute approximate surface area is 164 Å². The number of rotatable bonds is 7. The lowest BCUT2D eigenvalue weighted by Gasteiger charge is -2.17. The van der Waals surface area contributed by atoms with Gasteiger partial charge in [-0.3, -0.25) is 24.5 Å². The molecule has 1 aliphatic rings. The van der Waals surface area contributed by atoms with Crippen LogP contribution in [0.4, 0.5) is 5.69 Å². The van der Waals surface area contributed by atoms with Gasteiger partial charge in [0.1, 0.15) is 12.3 Å². The number of nitro groups is 1. The van der Waals surface area contributed by atoms with Gasteiger partial charge in [-0.05, 0) is 13.0 Å². The van der Waals surface area contributed by atoms with E-state index in [1.165, 1.54) is 12.3 Å². The van der Waals surface area contributed by atoms with Gasteiger partial charge in [-0.2, -0.15) is 0 Å². The molecule has 1 aromatic carbocycles. The van der Waals surface area contributed by atoms with Crippen molar-refractivity contribution in [3.63, 3.8) is 0 Å². The van der Waals surface area contributed by atoms with Crippen molar-refractivity contribution < 1.29 is 24.6 Å². The molecule has 1 fully saturated rings. The van der Waals surface area contributed by atoms with Crippen LogP contribution in [0.1, 0.15) is 36.8 Å². The van der Waals surface area contributed by atoms with Crippen molar-refractivity contribution >= 4 is 5.69 Å². The number of benzene rings is 1. The first kappa shape index (κ1) is 20.9. The van der Waals surface area contributed by atoms with Crippen molar-refractivity contribution in [1.82, 2.24) is 9.55 Å². The maximum atomic E-state index is 12.1. The van der Waals surface area contributed by atoms with Crippen LogP contribution in [0.2, 0.25) is 0 Å². The minimum absolute atomic E-state index is 0.0735. The number of H-pyrrole nitrogens is 1. The number of nitrogens with zero attached hydrogens (tertiary/aromatic N) is 2. The van der Waals surface area contributed by atoms with Crippen LogP contribution in [0.5, 0.6) is 0 Å². The zero-order valence-electron chi connectivity index (χ0n) is 15.6. The van der Waals surface area contributed by atoms with Gasteiger partial charge in [-0.25, -0.2) is 4.79 Å². The van der Waals surface area contributed by atoms with Crippen molar-refractivity contribution in [2.75, 3.05) is 6.61 Å². The molecule has 0 bridgehead atoms. The molecule has 1 aromatic heterocycles. The number of hydrogen-bond acceptors (Lipinski definition) is 8. The van der Waals surface area contributed by atoms with E-state index in [1.54, 1.807) is 25.1 Å². The quantitative estimate of drug-likeness (QED) is 0.439. The fraction of sp³-hybridized carbons (Fsp3) is 0.444. The Bertz CT molecular complexity index is 1000. The molecule has 2 aromatic rings. The lowest BCUT2D eigenvalue weighted by molar-refractivity contribution is -0.386. The molecule has 156 valence electrons. The lowest BCUT2D eigenvalue weighted by Crippen LogP contribution is -2.34. The van der Waals surface area contributed by atoms with E-state index in [-0.39, 0.29) is 24.3 Å². The highest BCUT2D eigenvalue weighted by Gasteiger charge is 2.35. The molecule has 0 spiro atoms. The number of para-hydroxylation sites is 1. The molecule has 3 rings (SSSR count). The number of hydrogen-bond donors (Lipinski definition) is 3. The number of aliphatic hydroxyl groups is 2. The predicted molar refractivity (Wildman–Crippen MR) is 99.2 cm³/mol. The lowest BCUT2D eigenvalue weighted by atomic mass is 10.1. The van der Waals surface area contributed by atoms with Crippen molar-refractivity contribution in [3.8, 4) is 0 Å². The Kier molecular flexibility index (Phi) is 6.23. The summed E-state index contributed by atoms with van der Waals surface area (Å²) in [5, 5.41) is 30.2. The fourth-order valence-corrected chi connectivity index (χ4v) is 3.20. The van der Waals surface area contributed by atoms with Gasteiger partial charge >= 0.3 is 5.69 Å². The first-order valence-electron chi connectivity index (χ1n) is 8.95. The van der Waals surface area contributed by atoms with E-state index in [1.807, 2.05) is 0 Å². The van der Waals surface area contributed by atoms with E-state index in [0.29, 0.717) is 5.56 Å². The summed E-state index contributed by atoms with van der Waals surface area (Å²) < 4.78 is 12.2. The van der Waals surface area contributed by atoms with Gasteiger partial charge in [0.2, 0.25) is 0 Å². The van der Waals surface area contributed by atoms with Gasteiger partial charge in [0, 0.05) is 18.7 Å². The second-order valence-corrected chi connectivity index (χ2v) is 6.70. The average Bonchev–Trinajstić information content (AvgIpc) is 3.07. The summed E-state index contributed by atoms with van der Waals surface area (Å²) in [6.07, 6.45) is -1.95. The van der Waals surface area contributed by atoms with E-state index < -0.39 is 47.3 Å².